The normalized spacial score (nSPS) is 21.2. The fourth-order valence-electron chi connectivity index (χ4n) is 2.64. The maximum atomic E-state index is 12.0. The van der Waals surface area contributed by atoms with Crippen molar-refractivity contribution < 1.29 is 14.3 Å². The molecule has 0 heterocycles. The molecule has 0 aliphatic heterocycles. The van der Waals surface area contributed by atoms with E-state index < -0.39 is 5.97 Å². The Labute approximate surface area is 143 Å². The van der Waals surface area contributed by atoms with Gasteiger partial charge in [0.2, 0.25) is 0 Å². The van der Waals surface area contributed by atoms with E-state index in [4.69, 9.17) is 16.3 Å². The van der Waals surface area contributed by atoms with Gasteiger partial charge in [0.15, 0.2) is 6.61 Å². The van der Waals surface area contributed by atoms with Crippen LogP contribution >= 0.6 is 27.5 Å². The maximum Gasteiger partial charge on any atom is 0.340 e. The van der Waals surface area contributed by atoms with E-state index in [2.05, 4.69) is 28.2 Å². The number of hydrogen-bond donors (Lipinski definition) is 1. The highest BCUT2D eigenvalue weighted by atomic mass is 79.9. The van der Waals surface area contributed by atoms with E-state index in [0.29, 0.717) is 10.9 Å². The average Bonchev–Trinajstić information content (AvgIpc) is 2.49. The van der Waals surface area contributed by atoms with Gasteiger partial charge in [-0.2, -0.15) is 0 Å². The number of halogens is 2. The van der Waals surface area contributed by atoms with Crippen LogP contribution in [-0.4, -0.2) is 24.5 Å². The van der Waals surface area contributed by atoms with E-state index in [9.17, 15) is 9.59 Å². The maximum absolute atomic E-state index is 12.0. The fourth-order valence-corrected chi connectivity index (χ4v) is 3.20. The quantitative estimate of drug-likeness (QED) is 0.795. The van der Waals surface area contributed by atoms with Crippen LogP contribution in [0.4, 0.5) is 0 Å². The van der Waals surface area contributed by atoms with Crippen molar-refractivity contribution >= 4 is 39.4 Å². The molecule has 1 saturated carbocycles. The summed E-state index contributed by atoms with van der Waals surface area (Å²) in [5.41, 5.74) is 0.245. The van der Waals surface area contributed by atoms with Gasteiger partial charge in [0, 0.05) is 10.5 Å². The van der Waals surface area contributed by atoms with Crippen molar-refractivity contribution in [3.63, 3.8) is 0 Å². The first-order valence-corrected chi connectivity index (χ1v) is 8.56. The lowest BCUT2D eigenvalue weighted by molar-refractivity contribution is -0.125. The zero-order valence-corrected chi connectivity index (χ0v) is 14.7. The van der Waals surface area contributed by atoms with E-state index in [1.807, 2.05) is 0 Å². The molecular weight excluding hydrogens is 370 g/mol. The number of benzene rings is 1. The summed E-state index contributed by atoms with van der Waals surface area (Å²) in [5, 5.41) is 3.24. The summed E-state index contributed by atoms with van der Waals surface area (Å²) < 4.78 is 5.77. The average molecular weight is 389 g/mol. The minimum absolute atomic E-state index is 0.175. The Morgan fingerprint density at radius 2 is 2.09 bits per heavy atom. The van der Waals surface area contributed by atoms with Gasteiger partial charge in [0.05, 0.1) is 10.6 Å². The van der Waals surface area contributed by atoms with Crippen LogP contribution in [0.3, 0.4) is 0 Å². The van der Waals surface area contributed by atoms with Gasteiger partial charge < -0.3 is 10.1 Å². The Morgan fingerprint density at radius 3 is 2.82 bits per heavy atom. The summed E-state index contributed by atoms with van der Waals surface area (Å²) in [6.07, 6.45) is 4.45. The number of carbonyl (C=O) groups excluding carboxylic acids is 2. The molecule has 1 aliphatic carbocycles. The molecule has 1 aromatic carbocycles. The van der Waals surface area contributed by atoms with Gasteiger partial charge in [-0.25, -0.2) is 4.79 Å². The van der Waals surface area contributed by atoms with Crippen LogP contribution in [0.2, 0.25) is 5.02 Å². The van der Waals surface area contributed by atoms with Crippen molar-refractivity contribution in [2.24, 2.45) is 5.92 Å². The van der Waals surface area contributed by atoms with Crippen molar-refractivity contribution in [3.8, 4) is 0 Å². The predicted octanol–water partition coefficient (Wildman–Crippen LogP) is 3.95. The SMILES string of the molecule is C[C@@H]1CCCC[C@H]1NC(=O)COC(=O)c1cc(Br)ccc1Cl. The third-order valence-electron chi connectivity index (χ3n) is 3.94. The van der Waals surface area contributed by atoms with Crippen LogP contribution in [0.15, 0.2) is 22.7 Å². The van der Waals surface area contributed by atoms with Crippen LogP contribution < -0.4 is 5.32 Å². The highest BCUT2D eigenvalue weighted by Gasteiger charge is 2.23. The predicted molar refractivity (Wildman–Crippen MR) is 89.0 cm³/mol. The Balaban J connectivity index is 1.85. The molecule has 0 unspecified atom stereocenters. The van der Waals surface area contributed by atoms with Gasteiger partial charge in [0.25, 0.3) is 5.91 Å². The van der Waals surface area contributed by atoms with Gasteiger partial charge in [-0.15, -0.1) is 0 Å². The summed E-state index contributed by atoms with van der Waals surface area (Å²) in [7, 11) is 0. The monoisotopic (exact) mass is 387 g/mol. The molecular formula is C16H19BrClNO3. The first-order valence-electron chi connectivity index (χ1n) is 7.39. The fraction of sp³-hybridized carbons (Fsp3) is 0.500. The van der Waals surface area contributed by atoms with Gasteiger partial charge in [-0.1, -0.05) is 47.3 Å². The molecule has 1 amide bonds. The van der Waals surface area contributed by atoms with Gasteiger partial charge in [-0.05, 0) is 37.0 Å². The van der Waals surface area contributed by atoms with Crippen LogP contribution in [0, 0.1) is 5.92 Å². The van der Waals surface area contributed by atoms with Crippen LogP contribution in [0.5, 0.6) is 0 Å². The van der Waals surface area contributed by atoms with Crippen LogP contribution in [0.1, 0.15) is 43.0 Å². The number of ether oxygens (including phenoxy) is 1. The van der Waals surface area contributed by atoms with E-state index in [0.717, 1.165) is 23.7 Å². The number of hydrogen-bond acceptors (Lipinski definition) is 3. The van der Waals surface area contributed by atoms with Crippen molar-refractivity contribution in [3.05, 3.63) is 33.3 Å². The molecule has 0 aromatic heterocycles. The van der Waals surface area contributed by atoms with E-state index in [-0.39, 0.29) is 24.1 Å². The van der Waals surface area contributed by atoms with Crippen molar-refractivity contribution in [1.82, 2.24) is 5.32 Å². The molecule has 0 spiro atoms. The van der Waals surface area contributed by atoms with Crippen LogP contribution in [-0.2, 0) is 9.53 Å². The Bertz CT molecular complexity index is 564. The summed E-state index contributed by atoms with van der Waals surface area (Å²) >= 11 is 9.23. The number of carbonyl (C=O) groups is 2. The Morgan fingerprint density at radius 1 is 1.36 bits per heavy atom. The highest BCUT2D eigenvalue weighted by molar-refractivity contribution is 9.10. The number of rotatable bonds is 4. The topological polar surface area (TPSA) is 55.4 Å². The van der Waals surface area contributed by atoms with E-state index in [1.54, 1.807) is 18.2 Å². The Hall–Kier alpha value is -1.07. The molecule has 2 atom stereocenters. The van der Waals surface area contributed by atoms with Crippen LogP contribution in [0.25, 0.3) is 0 Å². The Kier molecular flexibility index (Phi) is 6.26. The first-order chi connectivity index (χ1) is 10.5. The molecule has 22 heavy (non-hydrogen) atoms. The van der Waals surface area contributed by atoms with Gasteiger partial charge in [0.1, 0.15) is 0 Å². The lowest BCUT2D eigenvalue weighted by Crippen LogP contribution is -2.42. The van der Waals surface area contributed by atoms with Crippen molar-refractivity contribution in [1.29, 1.82) is 0 Å². The van der Waals surface area contributed by atoms with Gasteiger partial charge in [-0.3, -0.25) is 4.79 Å². The van der Waals surface area contributed by atoms with Gasteiger partial charge >= 0.3 is 5.97 Å². The smallest absolute Gasteiger partial charge is 0.340 e. The summed E-state index contributed by atoms with van der Waals surface area (Å²) in [5.74, 6) is -0.399. The molecule has 0 saturated heterocycles. The largest absolute Gasteiger partial charge is 0.452 e. The molecule has 0 bridgehead atoms. The standard InChI is InChI=1S/C16H19BrClNO3/c1-10-4-2-3-5-14(10)19-15(20)9-22-16(21)12-8-11(17)6-7-13(12)18/h6-8,10,14H,2-5,9H2,1H3,(H,19,20)/t10-,14-/m1/s1. The minimum Gasteiger partial charge on any atom is -0.452 e. The lowest BCUT2D eigenvalue weighted by Gasteiger charge is -2.29. The molecule has 0 radical (unpaired) electrons. The molecule has 1 aromatic rings. The minimum atomic E-state index is -0.599. The highest BCUT2D eigenvalue weighted by Crippen LogP contribution is 2.24. The van der Waals surface area contributed by atoms with Crippen molar-refractivity contribution in [2.75, 3.05) is 6.61 Å². The van der Waals surface area contributed by atoms with Crippen molar-refractivity contribution in [2.45, 2.75) is 38.6 Å². The molecule has 1 aliphatic rings. The molecule has 120 valence electrons. The molecule has 1 fully saturated rings. The van der Waals surface area contributed by atoms with E-state index >= 15 is 0 Å². The molecule has 1 N–H and O–H groups in total. The number of esters is 1. The second-order valence-electron chi connectivity index (χ2n) is 5.64. The second-order valence-corrected chi connectivity index (χ2v) is 6.96. The number of amides is 1. The first kappa shape index (κ1) is 17.3. The third kappa shape index (κ3) is 4.71. The summed E-state index contributed by atoms with van der Waals surface area (Å²) in [4.78, 5) is 23.9. The summed E-state index contributed by atoms with van der Waals surface area (Å²) in [6, 6.07) is 5.09. The molecule has 6 heteroatoms. The van der Waals surface area contributed by atoms with E-state index in [1.165, 1.54) is 6.42 Å². The zero-order chi connectivity index (χ0) is 16.1. The second kappa shape index (κ2) is 7.97. The third-order valence-corrected chi connectivity index (χ3v) is 4.76. The molecule has 4 nitrogen and oxygen atoms in total. The zero-order valence-electron chi connectivity index (χ0n) is 12.4. The molecule has 2 rings (SSSR count). The summed E-state index contributed by atoms with van der Waals surface area (Å²) in [6.45, 7) is 1.85. The number of nitrogens with one attached hydrogen (secondary N) is 1. The lowest BCUT2D eigenvalue weighted by atomic mass is 9.86.